The van der Waals surface area contributed by atoms with Gasteiger partial charge in [0.15, 0.2) is 5.72 Å². The van der Waals surface area contributed by atoms with E-state index in [0.29, 0.717) is 12.0 Å². The van der Waals surface area contributed by atoms with Crippen molar-refractivity contribution in [2.24, 2.45) is 0 Å². The van der Waals surface area contributed by atoms with E-state index in [2.05, 4.69) is 5.32 Å². The van der Waals surface area contributed by atoms with Crippen LogP contribution in [0.3, 0.4) is 0 Å². The second-order valence-corrected chi connectivity index (χ2v) is 5.03. The van der Waals surface area contributed by atoms with Crippen LogP contribution in [0.4, 0.5) is 4.79 Å². The Labute approximate surface area is 125 Å². The predicted molar refractivity (Wildman–Crippen MR) is 80.1 cm³/mol. The molecule has 0 aliphatic carbocycles. The van der Waals surface area contributed by atoms with Gasteiger partial charge in [-0.1, -0.05) is 31.5 Å². The fourth-order valence-electron chi connectivity index (χ4n) is 2.08. The molecule has 1 rings (SSSR count). The van der Waals surface area contributed by atoms with Crippen LogP contribution in [0.25, 0.3) is 0 Å². The summed E-state index contributed by atoms with van der Waals surface area (Å²) >= 11 is 0. The molecule has 1 N–H and O–H groups in total. The third-order valence-corrected chi connectivity index (χ3v) is 3.07. The first-order valence-electron chi connectivity index (χ1n) is 7.15. The normalized spacial score (nSPS) is 13.1. The molecule has 0 bridgehead atoms. The van der Waals surface area contributed by atoms with Crippen molar-refractivity contribution in [3.05, 3.63) is 35.4 Å². The largest absolute Gasteiger partial charge is 0.510 e. The van der Waals surface area contributed by atoms with Gasteiger partial charge in [-0.25, -0.2) is 4.79 Å². The number of carbonyl (C=O) groups excluding carboxylic acids is 2. The number of rotatable bonds is 6. The maximum atomic E-state index is 12.4. The summed E-state index contributed by atoms with van der Waals surface area (Å²) in [6, 6.07) is 7.26. The summed E-state index contributed by atoms with van der Waals surface area (Å²) in [6.45, 7) is 7.41. The van der Waals surface area contributed by atoms with Gasteiger partial charge in [0.25, 0.3) is 5.91 Å². The Bertz CT molecular complexity index is 501. The van der Waals surface area contributed by atoms with Crippen molar-refractivity contribution in [3.8, 4) is 0 Å². The fraction of sp³-hybridized carbons (Fsp3) is 0.500. The fourth-order valence-corrected chi connectivity index (χ4v) is 2.08. The molecule has 0 aliphatic rings. The van der Waals surface area contributed by atoms with Gasteiger partial charge < -0.3 is 14.8 Å². The highest BCUT2D eigenvalue weighted by Gasteiger charge is 2.31. The second-order valence-electron chi connectivity index (χ2n) is 5.03. The van der Waals surface area contributed by atoms with Crippen molar-refractivity contribution in [1.82, 2.24) is 5.32 Å². The van der Waals surface area contributed by atoms with Crippen LogP contribution in [0, 0.1) is 6.92 Å². The lowest BCUT2D eigenvalue weighted by Crippen LogP contribution is -2.49. The standard InChI is InChI=1S/C16H23NO4/c1-5-11-16(4,21-15(19)20-6-2)17-14(18)13-10-8-7-9-12(13)3/h7-10H,5-6,11H2,1-4H3,(H,17,18). The highest BCUT2D eigenvalue weighted by atomic mass is 16.7. The Morgan fingerprint density at radius 1 is 1.24 bits per heavy atom. The van der Waals surface area contributed by atoms with Crippen molar-refractivity contribution in [2.45, 2.75) is 46.3 Å². The lowest BCUT2D eigenvalue weighted by molar-refractivity contribution is -0.0430. The Morgan fingerprint density at radius 2 is 1.90 bits per heavy atom. The number of carbonyl (C=O) groups is 2. The van der Waals surface area contributed by atoms with Gasteiger partial charge in [-0.3, -0.25) is 4.79 Å². The number of amides is 1. The van der Waals surface area contributed by atoms with Crippen LogP contribution >= 0.6 is 0 Å². The molecular weight excluding hydrogens is 270 g/mol. The zero-order valence-corrected chi connectivity index (χ0v) is 13.1. The average Bonchev–Trinajstić information content (AvgIpc) is 2.38. The molecule has 1 aromatic rings. The molecular formula is C16H23NO4. The lowest BCUT2D eigenvalue weighted by atomic mass is 10.1. The minimum atomic E-state index is -1.08. The summed E-state index contributed by atoms with van der Waals surface area (Å²) in [6.07, 6.45) is 0.478. The summed E-state index contributed by atoms with van der Waals surface area (Å²) in [5, 5.41) is 2.78. The first kappa shape index (κ1) is 17.0. The molecule has 116 valence electrons. The second kappa shape index (κ2) is 7.67. The number of ether oxygens (including phenoxy) is 2. The Kier molecular flexibility index (Phi) is 6.21. The highest BCUT2D eigenvalue weighted by molar-refractivity contribution is 5.96. The molecule has 5 nitrogen and oxygen atoms in total. The summed E-state index contributed by atoms with van der Waals surface area (Å²) in [7, 11) is 0. The topological polar surface area (TPSA) is 64.6 Å². The molecule has 0 saturated carbocycles. The molecule has 1 atom stereocenters. The molecule has 0 fully saturated rings. The van der Waals surface area contributed by atoms with Crippen molar-refractivity contribution in [1.29, 1.82) is 0 Å². The van der Waals surface area contributed by atoms with E-state index < -0.39 is 11.9 Å². The molecule has 1 amide bonds. The molecule has 0 aromatic heterocycles. The van der Waals surface area contributed by atoms with Crippen LogP contribution in [0.2, 0.25) is 0 Å². The van der Waals surface area contributed by atoms with Gasteiger partial charge in [0.05, 0.1) is 6.61 Å². The predicted octanol–water partition coefficient (Wildman–Crippen LogP) is 3.41. The molecule has 0 radical (unpaired) electrons. The van der Waals surface area contributed by atoms with E-state index in [4.69, 9.17) is 9.47 Å². The van der Waals surface area contributed by atoms with E-state index in [9.17, 15) is 9.59 Å². The van der Waals surface area contributed by atoms with Crippen molar-refractivity contribution in [3.63, 3.8) is 0 Å². The van der Waals surface area contributed by atoms with Gasteiger partial charge in [0, 0.05) is 12.0 Å². The molecule has 0 spiro atoms. The zero-order chi connectivity index (χ0) is 15.9. The molecule has 21 heavy (non-hydrogen) atoms. The van der Waals surface area contributed by atoms with Crippen molar-refractivity contribution in [2.75, 3.05) is 6.61 Å². The number of benzene rings is 1. The SMILES string of the molecule is CCCC(C)(NC(=O)c1ccccc1C)OC(=O)OCC. The van der Waals surface area contributed by atoms with Crippen molar-refractivity contribution >= 4 is 12.1 Å². The molecule has 0 aliphatic heterocycles. The average molecular weight is 293 g/mol. The number of nitrogens with one attached hydrogen (secondary N) is 1. The van der Waals surface area contributed by atoms with Crippen LogP contribution in [0.1, 0.15) is 49.5 Å². The Balaban J connectivity index is 2.84. The van der Waals surface area contributed by atoms with Gasteiger partial charge in [-0.05, 0) is 32.4 Å². The monoisotopic (exact) mass is 293 g/mol. The maximum Gasteiger partial charge on any atom is 0.510 e. The first-order valence-corrected chi connectivity index (χ1v) is 7.15. The summed E-state index contributed by atoms with van der Waals surface area (Å²) in [5.41, 5.74) is 0.345. The van der Waals surface area contributed by atoms with E-state index >= 15 is 0 Å². The van der Waals surface area contributed by atoms with Gasteiger partial charge >= 0.3 is 6.16 Å². The molecule has 0 saturated heterocycles. The van der Waals surface area contributed by atoms with E-state index in [-0.39, 0.29) is 12.5 Å². The van der Waals surface area contributed by atoms with Crippen LogP contribution in [0.15, 0.2) is 24.3 Å². The van der Waals surface area contributed by atoms with E-state index in [1.54, 1.807) is 26.0 Å². The molecule has 1 aromatic carbocycles. The molecule has 1 unspecified atom stereocenters. The Hall–Kier alpha value is -2.04. The first-order chi connectivity index (χ1) is 9.91. The van der Waals surface area contributed by atoms with Crippen molar-refractivity contribution < 1.29 is 19.1 Å². The van der Waals surface area contributed by atoms with E-state index in [0.717, 1.165) is 12.0 Å². The van der Waals surface area contributed by atoms with Gasteiger partial charge in [-0.15, -0.1) is 0 Å². The zero-order valence-electron chi connectivity index (χ0n) is 13.1. The van der Waals surface area contributed by atoms with Gasteiger partial charge in [0.2, 0.25) is 0 Å². The number of aryl methyl sites for hydroxylation is 1. The number of hydrogen-bond acceptors (Lipinski definition) is 4. The third-order valence-electron chi connectivity index (χ3n) is 3.07. The minimum Gasteiger partial charge on any atom is -0.435 e. The lowest BCUT2D eigenvalue weighted by Gasteiger charge is -2.29. The van der Waals surface area contributed by atoms with Crippen LogP contribution in [0.5, 0.6) is 0 Å². The quantitative estimate of drug-likeness (QED) is 0.645. The highest BCUT2D eigenvalue weighted by Crippen LogP contribution is 2.17. The molecule has 0 heterocycles. The van der Waals surface area contributed by atoms with Crippen LogP contribution < -0.4 is 5.32 Å². The van der Waals surface area contributed by atoms with Crippen LogP contribution in [-0.4, -0.2) is 24.4 Å². The van der Waals surface area contributed by atoms with Gasteiger partial charge in [-0.2, -0.15) is 0 Å². The van der Waals surface area contributed by atoms with Crippen LogP contribution in [-0.2, 0) is 9.47 Å². The number of hydrogen-bond donors (Lipinski definition) is 1. The maximum absolute atomic E-state index is 12.4. The summed E-state index contributed by atoms with van der Waals surface area (Å²) in [4.78, 5) is 23.9. The Morgan fingerprint density at radius 3 is 2.48 bits per heavy atom. The minimum absolute atomic E-state index is 0.229. The summed E-state index contributed by atoms with van der Waals surface area (Å²) < 4.78 is 10.0. The van der Waals surface area contributed by atoms with E-state index in [1.165, 1.54) is 0 Å². The third kappa shape index (κ3) is 5.10. The van der Waals surface area contributed by atoms with Gasteiger partial charge in [0.1, 0.15) is 0 Å². The smallest absolute Gasteiger partial charge is 0.435 e. The van der Waals surface area contributed by atoms with E-state index in [1.807, 2.05) is 26.0 Å². The molecule has 5 heteroatoms. The summed E-state index contributed by atoms with van der Waals surface area (Å²) in [5.74, 6) is -0.270.